The Balaban J connectivity index is 1.37. The highest BCUT2D eigenvalue weighted by atomic mass is 16.2. The molecule has 1 aromatic heterocycles. The maximum Gasteiger partial charge on any atom is 0.319 e. The van der Waals surface area contributed by atoms with E-state index in [1.165, 1.54) is 18.4 Å². The highest BCUT2D eigenvalue weighted by Gasteiger charge is 2.23. The number of nitrogen functional groups attached to an aromatic ring is 1. The molecular formula is C25H26N6O. The lowest BCUT2D eigenvalue weighted by molar-refractivity contribution is 0.227. The van der Waals surface area contributed by atoms with Gasteiger partial charge in [0, 0.05) is 30.2 Å². The van der Waals surface area contributed by atoms with E-state index in [0.717, 1.165) is 18.7 Å². The van der Waals surface area contributed by atoms with Gasteiger partial charge >= 0.3 is 6.03 Å². The van der Waals surface area contributed by atoms with Crippen molar-refractivity contribution in [3.63, 3.8) is 0 Å². The second-order valence-electron chi connectivity index (χ2n) is 7.67. The van der Waals surface area contributed by atoms with Crippen molar-refractivity contribution < 1.29 is 4.79 Å². The number of nitrogens with one attached hydrogen (secondary N) is 2. The van der Waals surface area contributed by atoms with Crippen molar-refractivity contribution in [1.29, 1.82) is 0 Å². The standard InChI is InChI=1S/C25H26N6O/c26-24-27-16-20(17-28-24)12-11-19-7-6-10-22(15-19)30-25(32)29-18-23(31-13-4-5-14-31)21-8-2-1-3-9-21/h1-3,6-10,15-17,23H,4-5,13-14,18H2,(H2,26,27,28)(H2,29,30,32). The predicted molar refractivity (Wildman–Crippen MR) is 126 cm³/mol. The van der Waals surface area contributed by atoms with Crippen LogP contribution < -0.4 is 16.4 Å². The van der Waals surface area contributed by atoms with E-state index in [2.05, 4.69) is 49.5 Å². The third kappa shape index (κ3) is 5.84. The summed E-state index contributed by atoms with van der Waals surface area (Å²) in [7, 11) is 0. The highest BCUT2D eigenvalue weighted by molar-refractivity contribution is 5.89. The topological polar surface area (TPSA) is 96.2 Å². The Kier molecular flexibility index (Phi) is 6.95. The Morgan fingerprint density at radius 2 is 1.72 bits per heavy atom. The summed E-state index contributed by atoms with van der Waals surface area (Å²) in [5.74, 6) is 6.26. The second kappa shape index (κ2) is 10.4. The smallest absolute Gasteiger partial charge is 0.319 e. The van der Waals surface area contributed by atoms with Gasteiger partial charge in [0.25, 0.3) is 0 Å². The lowest BCUT2D eigenvalue weighted by Crippen LogP contribution is -2.38. The normalized spacial score (nSPS) is 14.2. The molecule has 0 radical (unpaired) electrons. The number of likely N-dealkylation sites (tertiary alicyclic amines) is 1. The van der Waals surface area contributed by atoms with Gasteiger partial charge in [-0.3, -0.25) is 4.90 Å². The molecule has 1 saturated heterocycles. The SMILES string of the molecule is Nc1ncc(C#Cc2cccc(NC(=O)NCC(c3ccccc3)N3CCCC3)c2)cn1. The second-order valence-corrected chi connectivity index (χ2v) is 7.67. The lowest BCUT2D eigenvalue weighted by atomic mass is 10.1. The molecule has 1 atom stereocenters. The van der Waals surface area contributed by atoms with Crippen LogP contribution in [0.15, 0.2) is 67.0 Å². The average Bonchev–Trinajstić information content (AvgIpc) is 3.34. The van der Waals surface area contributed by atoms with Crippen molar-refractivity contribution in [2.45, 2.75) is 18.9 Å². The van der Waals surface area contributed by atoms with Crippen molar-refractivity contribution in [1.82, 2.24) is 20.2 Å². The fourth-order valence-electron chi connectivity index (χ4n) is 3.77. The number of carbonyl (C=O) groups excluding carboxylic acids is 1. The van der Waals surface area contributed by atoms with Crippen LogP contribution in [0.1, 0.15) is 35.6 Å². The maximum atomic E-state index is 12.6. The molecule has 2 amide bonds. The van der Waals surface area contributed by atoms with Gasteiger partial charge in [0.2, 0.25) is 5.95 Å². The van der Waals surface area contributed by atoms with Gasteiger partial charge in [-0.15, -0.1) is 0 Å². The first kappa shape index (κ1) is 21.3. The number of rotatable bonds is 5. The van der Waals surface area contributed by atoms with Gasteiger partial charge in [-0.25, -0.2) is 14.8 Å². The maximum absolute atomic E-state index is 12.6. The van der Waals surface area contributed by atoms with E-state index in [1.54, 1.807) is 12.4 Å². The Hall–Kier alpha value is -3.89. The van der Waals surface area contributed by atoms with E-state index in [-0.39, 0.29) is 18.0 Å². The molecular weight excluding hydrogens is 400 g/mol. The van der Waals surface area contributed by atoms with Crippen LogP contribution in [0, 0.1) is 11.8 Å². The molecule has 162 valence electrons. The first-order chi connectivity index (χ1) is 15.7. The molecule has 1 fully saturated rings. The molecule has 0 bridgehead atoms. The van der Waals surface area contributed by atoms with Crippen LogP contribution in [-0.2, 0) is 0 Å². The van der Waals surface area contributed by atoms with E-state index < -0.39 is 0 Å². The van der Waals surface area contributed by atoms with Crippen molar-refractivity contribution in [2.24, 2.45) is 0 Å². The number of hydrogen-bond donors (Lipinski definition) is 3. The molecule has 0 aliphatic carbocycles. The molecule has 0 spiro atoms. The molecule has 7 nitrogen and oxygen atoms in total. The predicted octanol–water partition coefficient (Wildman–Crippen LogP) is 3.42. The third-order valence-electron chi connectivity index (χ3n) is 5.37. The van der Waals surface area contributed by atoms with Crippen LogP contribution in [0.5, 0.6) is 0 Å². The summed E-state index contributed by atoms with van der Waals surface area (Å²) in [5, 5.41) is 5.94. The zero-order valence-corrected chi connectivity index (χ0v) is 17.8. The Morgan fingerprint density at radius 3 is 2.47 bits per heavy atom. The van der Waals surface area contributed by atoms with Crippen molar-refractivity contribution in [3.8, 4) is 11.8 Å². The average molecular weight is 427 g/mol. The molecule has 2 heterocycles. The van der Waals surface area contributed by atoms with Crippen LogP contribution >= 0.6 is 0 Å². The molecule has 7 heteroatoms. The van der Waals surface area contributed by atoms with Gasteiger partial charge in [0.1, 0.15) is 0 Å². The molecule has 1 unspecified atom stereocenters. The number of aromatic nitrogens is 2. The van der Waals surface area contributed by atoms with Gasteiger partial charge in [0.05, 0.1) is 11.6 Å². The Labute approximate surface area is 188 Å². The minimum atomic E-state index is -0.234. The fraction of sp³-hybridized carbons (Fsp3) is 0.240. The summed E-state index contributed by atoms with van der Waals surface area (Å²) in [6.07, 6.45) is 5.56. The summed E-state index contributed by atoms with van der Waals surface area (Å²) in [6, 6.07) is 17.7. The van der Waals surface area contributed by atoms with Gasteiger partial charge in [0.15, 0.2) is 0 Å². The van der Waals surface area contributed by atoms with Crippen LogP contribution in [-0.4, -0.2) is 40.5 Å². The number of nitrogens with two attached hydrogens (primary N) is 1. The van der Waals surface area contributed by atoms with E-state index >= 15 is 0 Å². The number of anilines is 2. The number of benzene rings is 2. The minimum absolute atomic E-state index is 0.170. The molecule has 1 aliphatic rings. The lowest BCUT2D eigenvalue weighted by Gasteiger charge is -2.28. The van der Waals surface area contributed by atoms with Gasteiger partial charge < -0.3 is 16.4 Å². The third-order valence-corrected chi connectivity index (χ3v) is 5.37. The molecule has 1 aliphatic heterocycles. The Morgan fingerprint density at radius 1 is 1.00 bits per heavy atom. The van der Waals surface area contributed by atoms with Crippen LogP contribution in [0.4, 0.5) is 16.4 Å². The number of carbonyl (C=O) groups is 1. The first-order valence-corrected chi connectivity index (χ1v) is 10.7. The van der Waals surface area contributed by atoms with Crippen LogP contribution in [0.25, 0.3) is 0 Å². The summed E-state index contributed by atoms with van der Waals surface area (Å²) >= 11 is 0. The van der Waals surface area contributed by atoms with E-state index in [0.29, 0.717) is 17.8 Å². The van der Waals surface area contributed by atoms with Crippen LogP contribution in [0.3, 0.4) is 0 Å². The summed E-state index contributed by atoms with van der Waals surface area (Å²) in [4.78, 5) is 22.9. The largest absolute Gasteiger partial charge is 0.368 e. The molecule has 3 aromatic rings. The van der Waals surface area contributed by atoms with Crippen molar-refractivity contribution in [2.75, 3.05) is 30.7 Å². The van der Waals surface area contributed by atoms with E-state index in [1.807, 2.05) is 42.5 Å². The van der Waals surface area contributed by atoms with Crippen molar-refractivity contribution >= 4 is 17.7 Å². The van der Waals surface area contributed by atoms with E-state index in [4.69, 9.17) is 5.73 Å². The van der Waals surface area contributed by atoms with Gasteiger partial charge in [-0.1, -0.05) is 48.2 Å². The number of nitrogens with zero attached hydrogens (tertiary/aromatic N) is 3. The number of amides is 2. The van der Waals surface area contributed by atoms with Gasteiger partial charge in [-0.05, 0) is 49.7 Å². The highest BCUT2D eigenvalue weighted by Crippen LogP contribution is 2.24. The monoisotopic (exact) mass is 426 g/mol. The molecule has 4 N–H and O–H groups in total. The molecule has 4 rings (SSSR count). The molecule has 32 heavy (non-hydrogen) atoms. The van der Waals surface area contributed by atoms with Crippen LogP contribution in [0.2, 0.25) is 0 Å². The molecule has 0 saturated carbocycles. The fourth-order valence-corrected chi connectivity index (χ4v) is 3.77. The van der Waals surface area contributed by atoms with E-state index in [9.17, 15) is 4.79 Å². The summed E-state index contributed by atoms with van der Waals surface area (Å²) < 4.78 is 0. The zero-order valence-electron chi connectivity index (χ0n) is 17.8. The van der Waals surface area contributed by atoms with Gasteiger partial charge in [-0.2, -0.15) is 0 Å². The summed E-state index contributed by atoms with van der Waals surface area (Å²) in [5.41, 5.74) is 8.84. The summed E-state index contributed by atoms with van der Waals surface area (Å²) in [6.45, 7) is 2.66. The number of urea groups is 1. The van der Waals surface area contributed by atoms with Crippen molar-refractivity contribution in [3.05, 3.63) is 83.7 Å². The molecule has 2 aromatic carbocycles. The first-order valence-electron chi connectivity index (χ1n) is 10.7. The number of hydrogen-bond acceptors (Lipinski definition) is 5. The quantitative estimate of drug-likeness (QED) is 0.544. The zero-order chi connectivity index (χ0) is 22.2. The Bertz CT molecular complexity index is 1100. The minimum Gasteiger partial charge on any atom is -0.368 e.